The number of nitrogens with two attached hydrogens (primary N) is 1. The standard InChI is InChI=1S/C12H22N2O2/c1-10-5-6-12(16-10)8-14-11(9-15-2)4-3-7-13/h5-6,11,14H,3-4,7-9,13H2,1-2H3. The second kappa shape index (κ2) is 7.44. The van der Waals surface area contributed by atoms with Gasteiger partial charge >= 0.3 is 0 Å². The lowest BCUT2D eigenvalue weighted by molar-refractivity contribution is 0.160. The van der Waals surface area contributed by atoms with Crippen LogP contribution in [0.25, 0.3) is 0 Å². The number of methoxy groups -OCH3 is 1. The molecular formula is C12H22N2O2. The Morgan fingerprint density at radius 2 is 2.31 bits per heavy atom. The number of hydrogen-bond donors (Lipinski definition) is 2. The fourth-order valence-corrected chi connectivity index (χ4v) is 1.63. The van der Waals surface area contributed by atoms with Crippen LogP contribution < -0.4 is 11.1 Å². The zero-order chi connectivity index (χ0) is 11.8. The van der Waals surface area contributed by atoms with Crippen molar-refractivity contribution in [3.8, 4) is 0 Å². The van der Waals surface area contributed by atoms with Gasteiger partial charge in [-0.05, 0) is 38.4 Å². The highest BCUT2D eigenvalue weighted by Crippen LogP contribution is 2.07. The van der Waals surface area contributed by atoms with Crippen LogP contribution in [-0.4, -0.2) is 26.3 Å². The van der Waals surface area contributed by atoms with Gasteiger partial charge in [-0.3, -0.25) is 0 Å². The Morgan fingerprint density at radius 3 is 2.88 bits per heavy atom. The SMILES string of the molecule is COCC(CCCN)NCc1ccc(C)o1. The van der Waals surface area contributed by atoms with Crippen LogP contribution in [-0.2, 0) is 11.3 Å². The van der Waals surface area contributed by atoms with E-state index in [1.807, 2.05) is 19.1 Å². The first-order valence-corrected chi connectivity index (χ1v) is 5.74. The summed E-state index contributed by atoms with van der Waals surface area (Å²) < 4.78 is 10.6. The average Bonchev–Trinajstić information content (AvgIpc) is 2.68. The molecule has 0 aliphatic rings. The van der Waals surface area contributed by atoms with E-state index in [2.05, 4.69) is 5.32 Å². The molecule has 1 rings (SSSR count). The van der Waals surface area contributed by atoms with Crippen molar-refractivity contribution >= 4 is 0 Å². The second-order valence-corrected chi connectivity index (χ2v) is 3.98. The topological polar surface area (TPSA) is 60.4 Å². The van der Waals surface area contributed by atoms with Crippen LogP contribution in [0.4, 0.5) is 0 Å². The Morgan fingerprint density at radius 1 is 1.50 bits per heavy atom. The van der Waals surface area contributed by atoms with E-state index in [-0.39, 0.29) is 0 Å². The Kier molecular flexibility index (Phi) is 6.15. The van der Waals surface area contributed by atoms with Crippen LogP contribution in [0.15, 0.2) is 16.5 Å². The molecule has 1 atom stereocenters. The summed E-state index contributed by atoms with van der Waals surface area (Å²) in [7, 11) is 1.72. The zero-order valence-corrected chi connectivity index (χ0v) is 10.2. The number of aryl methyl sites for hydroxylation is 1. The fraction of sp³-hybridized carbons (Fsp3) is 0.667. The zero-order valence-electron chi connectivity index (χ0n) is 10.2. The molecule has 0 amide bonds. The summed E-state index contributed by atoms with van der Waals surface area (Å²) in [6.45, 7) is 4.12. The lowest BCUT2D eigenvalue weighted by Crippen LogP contribution is -2.33. The molecule has 0 radical (unpaired) electrons. The molecule has 92 valence electrons. The lowest BCUT2D eigenvalue weighted by Gasteiger charge is -2.16. The van der Waals surface area contributed by atoms with E-state index >= 15 is 0 Å². The molecule has 1 heterocycles. The van der Waals surface area contributed by atoms with Crippen LogP contribution in [0.1, 0.15) is 24.4 Å². The highest BCUT2D eigenvalue weighted by Gasteiger charge is 2.08. The van der Waals surface area contributed by atoms with Crippen molar-refractivity contribution in [1.82, 2.24) is 5.32 Å². The van der Waals surface area contributed by atoms with E-state index in [0.717, 1.165) is 37.5 Å². The molecule has 0 aliphatic heterocycles. The van der Waals surface area contributed by atoms with Crippen LogP contribution in [0, 0.1) is 6.92 Å². The predicted molar refractivity (Wildman–Crippen MR) is 64.2 cm³/mol. The van der Waals surface area contributed by atoms with Gasteiger partial charge in [-0.2, -0.15) is 0 Å². The molecule has 4 nitrogen and oxygen atoms in total. The highest BCUT2D eigenvalue weighted by molar-refractivity contribution is 5.05. The van der Waals surface area contributed by atoms with E-state index in [4.69, 9.17) is 14.9 Å². The van der Waals surface area contributed by atoms with Gasteiger partial charge in [-0.25, -0.2) is 0 Å². The van der Waals surface area contributed by atoms with Gasteiger partial charge < -0.3 is 20.2 Å². The number of nitrogens with one attached hydrogen (secondary N) is 1. The van der Waals surface area contributed by atoms with Crippen molar-refractivity contribution in [3.05, 3.63) is 23.7 Å². The predicted octanol–water partition coefficient (Wildman–Crippen LogP) is 1.43. The largest absolute Gasteiger partial charge is 0.465 e. The Balaban J connectivity index is 2.30. The lowest BCUT2D eigenvalue weighted by atomic mass is 10.1. The van der Waals surface area contributed by atoms with Crippen LogP contribution in [0.5, 0.6) is 0 Å². The number of furan rings is 1. The molecule has 0 saturated carbocycles. The molecule has 0 aromatic carbocycles. The average molecular weight is 226 g/mol. The van der Waals surface area contributed by atoms with E-state index in [1.54, 1.807) is 7.11 Å². The minimum atomic E-state index is 0.346. The summed E-state index contributed by atoms with van der Waals surface area (Å²) in [5.41, 5.74) is 5.50. The molecule has 0 fully saturated rings. The Bertz CT molecular complexity index is 286. The molecule has 3 N–H and O–H groups in total. The van der Waals surface area contributed by atoms with Gasteiger partial charge in [-0.15, -0.1) is 0 Å². The van der Waals surface area contributed by atoms with Crippen molar-refractivity contribution < 1.29 is 9.15 Å². The van der Waals surface area contributed by atoms with Crippen LogP contribution in [0.2, 0.25) is 0 Å². The van der Waals surface area contributed by atoms with Gasteiger partial charge in [0.25, 0.3) is 0 Å². The van der Waals surface area contributed by atoms with E-state index < -0.39 is 0 Å². The van der Waals surface area contributed by atoms with Crippen molar-refractivity contribution in [2.24, 2.45) is 5.73 Å². The first-order valence-electron chi connectivity index (χ1n) is 5.74. The van der Waals surface area contributed by atoms with Gasteiger partial charge in [0.2, 0.25) is 0 Å². The molecular weight excluding hydrogens is 204 g/mol. The number of rotatable bonds is 8. The molecule has 4 heteroatoms. The van der Waals surface area contributed by atoms with E-state index in [9.17, 15) is 0 Å². The molecule has 1 aromatic heterocycles. The molecule has 16 heavy (non-hydrogen) atoms. The third-order valence-corrected chi connectivity index (χ3v) is 2.49. The third kappa shape index (κ3) is 4.79. The summed E-state index contributed by atoms with van der Waals surface area (Å²) >= 11 is 0. The minimum absolute atomic E-state index is 0.346. The summed E-state index contributed by atoms with van der Waals surface area (Å²) in [5.74, 6) is 1.91. The summed E-state index contributed by atoms with van der Waals surface area (Å²) in [4.78, 5) is 0. The van der Waals surface area contributed by atoms with Gasteiger partial charge in [0.05, 0.1) is 13.2 Å². The third-order valence-electron chi connectivity index (χ3n) is 2.49. The van der Waals surface area contributed by atoms with Crippen molar-refractivity contribution in [2.75, 3.05) is 20.3 Å². The van der Waals surface area contributed by atoms with Crippen molar-refractivity contribution in [2.45, 2.75) is 32.4 Å². The van der Waals surface area contributed by atoms with E-state index in [0.29, 0.717) is 12.6 Å². The van der Waals surface area contributed by atoms with Crippen molar-refractivity contribution in [3.63, 3.8) is 0 Å². The van der Waals surface area contributed by atoms with E-state index in [1.165, 1.54) is 0 Å². The van der Waals surface area contributed by atoms with Crippen LogP contribution in [0.3, 0.4) is 0 Å². The maximum Gasteiger partial charge on any atom is 0.117 e. The summed E-state index contributed by atoms with van der Waals surface area (Å²) in [5, 5.41) is 3.41. The highest BCUT2D eigenvalue weighted by atomic mass is 16.5. The molecule has 1 aromatic rings. The van der Waals surface area contributed by atoms with Gasteiger partial charge in [0, 0.05) is 13.2 Å². The van der Waals surface area contributed by atoms with Gasteiger partial charge in [-0.1, -0.05) is 0 Å². The molecule has 0 bridgehead atoms. The maximum absolute atomic E-state index is 5.50. The monoisotopic (exact) mass is 226 g/mol. The van der Waals surface area contributed by atoms with Crippen LogP contribution >= 0.6 is 0 Å². The first kappa shape index (κ1) is 13.2. The second-order valence-electron chi connectivity index (χ2n) is 3.98. The quantitative estimate of drug-likeness (QED) is 0.704. The summed E-state index contributed by atoms with van der Waals surface area (Å²) in [6, 6.07) is 4.32. The number of hydrogen-bond acceptors (Lipinski definition) is 4. The fourth-order valence-electron chi connectivity index (χ4n) is 1.63. The van der Waals surface area contributed by atoms with Gasteiger partial charge in [0.15, 0.2) is 0 Å². The van der Waals surface area contributed by atoms with Gasteiger partial charge in [0.1, 0.15) is 11.5 Å². The Labute approximate surface area is 97.1 Å². The first-order chi connectivity index (χ1) is 7.76. The molecule has 1 unspecified atom stereocenters. The molecule has 0 saturated heterocycles. The molecule has 0 spiro atoms. The maximum atomic E-state index is 5.50. The normalized spacial score (nSPS) is 12.9. The molecule has 0 aliphatic carbocycles. The minimum Gasteiger partial charge on any atom is -0.465 e. The Hall–Kier alpha value is -0.840. The number of ether oxygens (including phenoxy) is 1. The smallest absolute Gasteiger partial charge is 0.117 e. The summed E-state index contributed by atoms with van der Waals surface area (Å²) in [6.07, 6.45) is 2.04. The van der Waals surface area contributed by atoms with Crippen molar-refractivity contribution in [1.29, 1.82) is 0 Å².